The summed E-state index contributed by atoms with van der Waals surface area (Å²) in [5.41, 5.74) is 1.15. The van der Waals surface area contributed by atoms with Gasteiger partial charge in [-0.15, -0.1) is 5.10 Å². The summed E-state index contributed by atoms with van der Waals surface area (Å²) in [7, 11) is 0. The van der Waals surface area contributed by atoms with Crippen LogP contribution in [0, 0.1) is 17.1 Å². The summed E-state index contributed by atoms with van der Waals surface area (Å²) in [4.78, 5) is 0. The number of hydrogen-bond donors (Lipinski definition) is 0. The van der Waals surface area contributed by atoms with Crippen LogP contribution in [0.15, 0.2) is 23.4 Å². The van der Waals surface area contributed by atoms with Crippen molar-refractivity contribution < 1.29 is 4.39 Å². The zero-order valence-corrected chi connectivity index (χ0v) is 10.8. The van der Waals surface area contributed by atoms with Crippen LogP contribution in [0.25, 0.3) is 0 Å². The molecule has 1 aliphatic carbocycles. The Morgan fingerprint density at radius 1 is 1.47 bits per heavy atom. The van der Waals surface area contributed by atoms with Crippen molar-refractivity contribution in [2.75, 3.05) is 0 Å². The second-order valence-electron chi connectivity index (χ2n) is 4.34. The number of halogens is 1. The Bertz CT molecular complexity index is 644. The van der Waals surface area contributed by atoms with Crippen molar-refractivity contribution in [3.05, 3.63) is 35.1 Å². The fraction of sp³-hybridized carbons (Fsp3) is 0.333. The molecule has 0 spiro atoms. The highest BCUT2D eigenvalue weighted by Crippen LogP contribution is 2.37. The lowest BCUT2D eigenvalue weighted by atomic mass is 10.1. The Kier molecular flexibility index (Phi) is 3.17. The number of thioether (sulfide) groups is 1. The minimum absolute atomic E-state index is 0.337. The van der Waals surface area contributed by atoms with Crippen LogP contribution < -0.4 is 0 Å². The molecule has 0 atom stereocenters. The first-order valence-corrected chi connectivity index (χ1v) is 6.85. The summed E-state index contributed by atoms with van der Waals surface area (Å²) < 4.78 is 15.0. The van der Waals surface area contributed by atoms with Gasteiger partial charge in [0.05, 0.1) is 17.7 Å². The van der Waals surface area contributed by atoms with E-state index in [1.807, 2.05) is 0 Å². The SMILES string of the molecule is N#Cc1ccc(F)cc1CSc1nnnn1C1CC1. The van der Waals surface area contributed by atoms with Crippen molar-refractivity contribution in [2.24, 2.45) is 0 Å². The van der Waals surface area contributed by atoms with Gasteiger partial charge in [-0.05, 0) is 47.0 Å². The Balaban J connectivity index is 1.77. The highest BCUT2D eigenvalue weighted by Gasteiger charge is 2.27. The van der Waals surface area contributed by atoms with Crippen LogP contribution in [0.1, 0.15) is 30.0 Å². The van der Waals surface area contributed by atoms with E-state index in [9.17, 15) is 4.39 Å². The molecule has 0 amide bonds. The first kappa shape index (κ1) is 12.1. The third-order valence-corrected chi connectivity index (χ3v) is 3.88. The Labute approximate surface area is 113 Å². The van der Waals surface area contributed by atoms with E-state index >= 15 is 0 Å². The molecule has 0 N–H and O–H groups in total. The van der Waals surface area contributed by atoms with Crippen LogP contribution in [0.5, 0.6) is 0 Å². The van der Waals surface area contributed by atoms with Crippen molar-refractivity contribution in [1.82, 2.24) is 20.2 Å². The van der Waals surface area contributed by atoms with Gasteiger partial charge in [0.1, 0.15) is 5.82 Å². The fourth-order valence-corrected chi connectivity index (χ4v) is 2.70. The monoisotopic (exact) mass is 275 g/mol. The van der Waals surface area contributed by atoms with Crippen LogP contribution in [0.3, 0.4) is 0 Å². The minimum atomic E-state index is -0.337. The molecule has 1 heterocycles. The molecule has 1 aromatic carbocycles. The van der Waals surface area contributed by atoms with E-state index < -0.39 is 0 Å². The van der Waals surface area contributed by atoms with E-state index in [0.717, 1.165) is 18.0 Å². The number of rotatable bonds is 4. The Morgan fingerprint density at radius 2 is 2.32 bits per heavy atom. The van der Waals surface area contributed by atoms with Gasteiger partial charge in [-0.25, -0.2) is 9.07 Å². The molecule has 1 aromatic heterocycles. The molecule has 1 fully saturated rings. The van der Waals surface area contributed by atoms with Gasteiger partial charge in [-0.2, -0.15) is 5.26 Å². The van der Waals surface area contributed by atoms with Crippen molar-refractivity contribution in [3.8, 4) is 6.07 Å². The summed E-state index contributed by atoms with van der Waals surface area (Å²) in [6, 6.07) is 6.64. The number of nitriles is 1. The van der Waals surface area contributed by atoms with Crippen molar-refractivity contribution in [2.45, 2.75) is 29.8 Å². The molecule has 0 aliphatic heterocycles. The third kappa shape index (κ3) is 2.58. The van der Waals surface area contributed by atoms with E-state index in [4.69, 9.17) is 5.26 Å². The highest BCUT2D eigenvalue weighted by atomic mass is 32.2. The molecular weight excluding hydrogens is 265 g/mol. The molecule has 3 rings (SSSR count). The molecule has 0 bridgehead atoms. The molecule has 0 unspecified atom stereocenters. The second-order valence-corrected chi connectivity index (χ2v) is 5.28. The van der Waals surface area contributed by atoms with Crippen LogP contribution in [-0.2, 0) is 5.75 Å². The average Bonchev–Trinajstić information content (AvgIpc) is 3.15. The van der Waals surface area contributed by atoms with Crippen molar-refractivity contribution in [1.29, 1.82) is 5.26 Å². The van der Waals surface area contributed by atoms with Gasteiger partial charge >= 0.3 is 0 Å². The standard InChI is InChI=1S/C12H10FN5S/c13-10-2-1-8(6-14)9(5-10)7-19-12-15-16-17-18(12)11-3-4-11/h1-2,5,11H,3-4,7H2. The van der Waals surface area contributed by atoms with Gasteiger partial charge in [-0.1, -0.05) is 11.8 Å². The second kappa shape index (κ2) is 4.97. The van der Waals surface area contributed by atoms with Gasteiger partial charge in [0.2, 0.25) is 5.16 Å². The average molecular weight is 275 g/mol. The topological polar surface area (TPSA) is 67.4 Å². The minimum Gasteiger partial charge on any atom is -0.217 e. The molecule has 19 heavy (non-hydrogen) atoms. The number of tetrazole rings is 1. The molecule has 0 saturated heterocycles. The van der Waals surface area contributed by atoms with E-state index in [0.29, 0.717) is 22.9 Å². The lowest BCUT2D eigenvalue weighted by Crippen LogP contribution is -1.99. The first-order valence-electron chi connectivity index (χ1n) is 5.87. The normalized spacial score (nSPS) is 14.3. The van der Waals surface area contributed by atoms with Gasteiger partial charge in [0.25, 0.3) is 0 Å². The molecule has 96 valence electrons. The quantitative estimate of drug-likeness (QED) is 0.801. The van der Waals surface area contributed by atoms with E-state index in [1.54, 1.807) is 4.68 Å². The van der Waals surface area contributed by atoms with Gasteiger partial charge < -0.3 is 0 Å². The summed E-state index contributed by atoms with van der Waals surface area (Å²) in [6.07, 6.45) is 2.20. The Hall–Kier alpha value is -1.94. The molecular formula is C12H10FN5S. The first-order chi connectivity index (χ1) is 9.28. The lowest BCUT2D eigenvalue weighted by molar-refractivity contribution is 0.565. The van der Waals surface area contributed by atoms with Gasteiger partial charge in [0, 0.05) is 5.75 Å². The molecule has 5 nitrogen and oxygen atoms in total. The largest absolute Gasteiger partial charge is 0.217 e. The summed E-state index contributed by atoms with van der Waals surface area (Å²) in [5.74, 6) is 0.143. The molecule has 0 radical (unpaired) electrons. The van der Waals surface area contributed by atoms with Gasteiger partial charge in [-0.3, -0.25) is 0 Å². The predicted octanol–water partition coefficient (Wildman–Crippen LogP) is 2.31. The maximum absolute atomic E-state index is 13.2. The fourth-order valence-electron chi connectivity index (χ4n) is 1.76. The van der Waals surface area contributed by atoms with Crippen molar-refractivity contribution in [3.63, 3.8) is 0 Å². The zero-order valence-electron chi connectivity index (χ0n) is 9.95. The summed E-state index contributed by atoms with van der Waals surface area (Å²) >= 11 is 1.42. The van der Waals surface area contributed by atoms with Gasteiger partial charge in [0.15, 0.2) is 0 Å². The smallest absolute Gasteiger partial charge is 0.209 e. The maximum atomic E-state index is 13.2. The molecule has 1 saturated carbocycles. The maximum Gasteiger partial charge on any atom is 0.209 e. The number of nitrogens with zero attached hydrogens (tertiary/aromatic N) is 5. The summed E-state index contributed by atoms with van der Waals surface area (Å²) in [5, 5.41) is 21.3. The Morgan fingerprint density at radius 3 is 3.05 bits per heavy atom. The van der Waals surface area contributed by atoms with E-state index in [-0.39, 0.29) is 5.82 Å². The highest BCUT2D eigenvalue weighted by molar-refractivity contribution is 7.98. The summed E-state index contributed by atoms with van der Waals surface area (Å²) in [6.45, 7) is 0. The van der Waals surface area contributed by atoms with E-state index in [2.05, 4.69) is 21.6 Å². The number of benzene rings is 1. The van der Waals surface area contributed by atoms with Crippen LogP contribution in [0.4, 0.5) is 4.39 Å². The van der Waals surface area contributed by atoms with Crippen LogP contribution in [0.2, 0.25) is 0 Å². The van der Waals surface area contributed by atoms with E-state index in [1.165, 1.54) is 30.0 Å². The molecule has 2 aromatic rings. The van der Waals surface area contributed by atoms with Crippen LogP contribution in [-0.4, -0.2) is 20.2 Å². The lowest BCUT2D eigenvalue weighted by Gasteiger charge is -2.04. The third-order valence-electron chi connectivity index (χ3n) is 2.90. The number of aromatic nitrogens is 4. The number of hydrogen-bond acceptors (Lipinski definition) is 5. The predicted molar refractivity (Wildman–Crippen MR) is 66.8 cm³/mol. The molecule has 7 heteroatoms. The molecule has 1 aliphatic rings. The zero-order chi connectivity index (χ0) is 13.2. The van der Waals surface area contributed by atoms with Crippen molar-refractivity contribution >= 4 is 11.8 Å². The van der Waals surface area contributed by atoms with Crippen LogP contribution >= 0.6 is 11.8 Å².